The van der Waals surface area contributed by atoms with Gasteiger partial charge >= 0.3 is 5.97 Å². The standard InChI is InChI=1S/C15H18ClNO4/c1-21-13-5-3-11(16)6-10(13)8-14(18)17-12-4-2-9(7-12)15(19)20/h3,5-6,9,12H,2,4,7-8H2,1H3,(H,17,18)(H,19,20)/t9-,12+/m1/s1. The van der Waals surface area contributed by atoms with Gasteiger partial charge in [-0.05, 0) is 37.5 Å². The summed E-state index contributed by atoms with van der Waals surface area (Å²) in [5.41, 5.74) is 0.718. The number of rotatable bonds is 5. The summed E-state index contributed by atoms with van der Waals surface area (Å²) in [6, 6.07) is 5.06. The van der Waals surface area contributed by atoms with Gasteiger partial charge in [0.2, 0.25) is 5.91 Å². The van der Waals surface area contributed by atoms with E-state index in [-0.39, 0.29) is 24.3 Å². The van der Waals surface area contributed by atoms with Gasteiger partial charge in [0.25, 0.3) is 0 Å². The number of amides is 1. The molecule has 0 spiro atoms. The van der Waals surface area contributed by atoms with Crippen molar-refractivity contribution in [2.75, 3.05) is 7.11 Å². The van der Waals surface area contributed by atoms with Crippen LogP contribution >= 0.6 is 11.6 Å². The van der Waals surface area contributed by atoms with Crippen molar-refractivity contribution in [1.29, 1.82) is 0 Å². The number of carboxylic acids is 1. The molecule has 1 aliphatic rings. The largest absolute Gasteiger partial charge is 0.496 e. The number of halogens is 1. The minimum absolute atomic E-state index is 0.0659. The number of carbonyl (C=O) groups is 2. The van der Waals surface area contributed by atoms with E-state index in [0.29, 0.717) is 30.0 Å². The van der Waals surface area contributed by atoms with Gasteiger partial charge in [0.15, 0.2) is 0 Å². The summed E-state index contributed by atoms with van der Waals surface area (Å²) in [6.45, 7) is 0. The Kier molecular flexibility index (Phi) is 5.07. The topological polar surface area (TPSA) is 75.6 Å². The summed E-state index contributed by atoms with van der Waals surface area (Å²) in [5, 5.41) is 12.4. The molecule has 114 valence electrons. The number of aliphatic carboxylic acids is 1. The van der Waals surface area contributed by atoms with Crippen molar-refractivity contribution in [2.45, 2.75) is 31.7 Å². The summed E-state index contributed by atoms with van der Waals surface area (Å²) >= 11 is 5.93. The van der Waals surface area contributed by atoms with Crippen LogP contribution in [0.25, 0.3) is 0 Å². The van der Waals surface area contributed by atoms with Gasteiger partial charge in [0, 0.05) is 16.6 Å². The second kappa shape index (κ2) is 6.80. The Hall–Kier alpha value is -1.75. The Morgan fingerprint density at radius 3 is 2.81 bits per heavy atom. The molecule has 21 heavy (non-hydrogen) atoms. The van der Waals surface area contributed by atoms with Gasteiger partial charge in [-0.2, -0.15) is 0 Å². The van der Waals surface area contributed by atoms with E-state index in [9.17, 15) is 9.59 Å². The molecule has 0 heterocycles. The number of benzene rings is 1. The number of carbonyl (C=O) groups excluding carboxylic acids is 1. The molecule has 0 unspecified atom stereocenters. The van der Waals surface area contributed by atoms with E-state index in [1.807, 2.05) is 0 Å². The van der Waals surface area contributed by atoms with Gasteiger partial charge in [0.1, 0.15) is 5.75 Å². The molecule has 0 radical (unpaired) electrons. The monoisotopic (exact) mass is 311 g/mol. The van der Waals surface area contributed by atoms with Crippen LogP contribution in [0.4, 0.5) is 0 Å². The van der Waals surface area contributed by atoms with E-state index < -0.39 is 5.97 Å². The molecule has 0 saturated heterocycles. The number of nitrogens with one attached hydrogen (secondary N) is 1. The van der Waals surface area contributed by atoms with Crippen LogP contribution in [0.2, 0.25) is 5.02 Å². The average Bonchev–Trinajstić information content (AvgIpc) is 2.87. The Morgan fingerprint density at radius 2 is 2.19 bits per heavy atom. The van der Waals surface area contributed by atoms with Crippen LogP contribution in [0.1, 0.15) is 24.8 Å². The molecule has 5 nitrogen and oxygen atoms in total. The van der Waals surface area contributed by atoms with Crippen molar-refractivity contribution in [2.24, 2.45) is 5.92 Å². The second-order valence-electron chi connectivity index (χ2n) is 5.25. The molecule has 2 rings (SSSR count). The zero-order valence-electron chi connectivity index (χ0n) is 11.8. The van der Waals surface area contributed by atoms with Gasteiger partial charge < -0.3 is 15.2 Å². The van der Waals surface area contributed by atoms with E-state index in [0.717, 1.165) is 5.56 Å². The summed E-state index contributed by atoms with van der Waals surface area (Å²) < 4.78 is 5.20. The first kappa shape index (κ1) is 15.6. The SMILES string of the molecule is COc1ccc(Cl)cc1CC(=O)N[C@H]1CC[C@@H](C(=O)O)C1. The highest BCUT2D eigenvalue weighted by molar-refractivity contribution is 6.30. The quantitative estimate of drug-likeness (QED) is 0.874. The maximum Gasteiger partial charge on any atom is 0.306 e. The van der Waals surface area contributed by atoms with E-state index in [1.165, 1.54) is 0 Å². The molecular formula is C15H18ClNO4. The third-order valence-corrected chi connectivity index (χ3v) is 3.98. The lowest BCUT2D eigenvalue weighted by atomic mass is 10.1. The number of ether oxygens (including phenoxy) is 1. The molecule has 1 aromatic carbocycles. The van der Waals surface area contributed by atoms with Crippen molar-refractivity contribution in [3.05, 3.63) is 28.8 Å². The van der Waals surface area contributed by atoms with Gasteiger partial charge in [-0.15, -0.1) is 0 Å². The number of hydrogen-bond donors (Lipinski definition) is 2. The minimum atomic E-state index is -0.789. The third kappa shape index (κ3) is 4.11. The molecule has 6 heteroatoms. The van der Waals surface area contributed by atoms with Crippen molar-refractivity contribution in [3.63, 3.8) is 0 Å². The first-order chi connectivity index (χ1) is 9.99. The number of methoxy groups -OCH3 is 1. The van der Waals surface area contributed by atoms with Gasteiger partial charge in [-0.3, -0.25) is 9.59 Å². The number of carboxylic acid groups (broad SMARTS) is 1. The van der Waals surface area contributed by atoms with Gasteiger partial charge in [-0.25, -0.2) is 0 Å². The normalized spacial score (nSPS) is 21.0. The molecule has 1 fully saturated rings. The molecule has 2 N–H and O–H groups in total. The van der Waals surface area contributed by atoms with Crippen molar-refractivity contribution in [1.82, 2.24) is 5.32 Å². The summed E-state index contributed by atoms with van der Waals surface area (Å²) in [4.78, 5) is 23.0. The van der Waals surface area contributed by atoms with Crippen LogP contribution in [0.5, 0.6) is 5.75 Å². The molecule has 0 aromatic heterocycles. The number of hydrogen-bond acceptors (Lipinski definition) is 3. The predicted molar refractivity (Wildman–Crippen MR) is 78.6 cm³/mol. The Bertz CT molecular complexity index is 546. The zero-order chi connectivity index (χ0) is 15.4. The first-order valence-electron chi connectivity index (χ1n) is 6.84. The average molecular weight is 312 g/mol. The molecule has 1 saturated carbocycles. The molecule has 1 aliphatic carbocycles. The Morgan fingerprint density at radius 1 is 1.43 bits per heavy atom. The second-order valence-corrected chi connectivity index (χ2v) is 5.68. The maximum atomic E-state index is 12.1. The van der Waals surface area contributed by atoms with Crippen molar-refractivity contribution in [3.8, 4) is 5.75 Å². The minimum Gasteiger partial charge on any atom is -0.496 e. The lowest BCUT2D eigenvalue weighted by Crippen LogP contribution is -2.34. The van der Waals surface area contributed by atoms with Crippen molar-refractivity contribution < 1.29 is 19.4 Å². The molecule has 1 aromatic rings. The lowest BCUT2D eigenvalue weighted by molar-refractivity contribution is -0.141. The Balaban J connectivity index is 1.93. The van der Waals surface area contributed by atoms with Crippen LogP contribution in [-0.4, -0.2) is 30.1 Å². The van der Waals surface area contributed by atoms with Crippen LogP contribution in [0, 0.1) is 5.92 Å². The highest BCUT2D eigenvalue weighted by Crippen LogP contribution is 2.26. The fourth-order valence-electron chi connectivity index (χ4n) is 2.67. The fourth-order valence-corrected chi connectivity index (χ4v) is 2.87. The van der Waals surface area contributed by atoms with E-state index in [1.54, 1.807) is 25.3 Å². The van der Waals surface area contributed by atoms with E-state index in [2.05, 4.69) is 5.32 Å². The van der Waals surface area contributed by atoms with E-state index >= 15 is 0 Å². The van der Waals surface area contributed by atoms with Crippen LogP contribution in [0.3, 0.4) is 0 Å². The van der Waals surface area contributed by atoms with Crippen LogP contribution < -0.4 is 10.1 Å². The first-order valence-corrected chi connectivity index (χ1v) is 7.22. The van der Waals surface area contributed by atoms with Crippen molar-refractivity contribution >= 4 is 23.5 Å². The highest BCUT2D eigenvalue weighted by Gasteiger charge is 2.30. The van der Waals surface area contributed by atoms with Gasteiger partial charge in [0.05, 0.1) is 19.4 Å². The van der Waals surface area contributed by atoms with Crippen LogP contribution in [0.15, 0.2) is 18.2 Å². The van der Waals surface area contributed by atoms with Crippen LogP contribution in [-0.2, 0) is 16.0 Å². The zero-order valence-corrected chi connectivity index (χ0v) is 12.5. The smallest absolute Gasteiger partial charge is 0.306 e. The predicted octanol–water partition coefficient (Wildman–Crippen LogP) is 2.26. The molecule has 0 bridgehead atoms. The summed E-state index contributed by atoms with van der Waals surface area (Å²) in [5.74, 6) is -0.671. The maximum absolute atomic E-state index is 12.1. The molecule has 2 atom stereocenters. The highest BCUT2D eigenvalue weighted by atomic mass is 35.5. The van der Waals surface area contributed by atoms with E-state index in [4.69, 9.17) is 21.4 Å². The summed E-state index contributed by atoms with van der Waals surface area (Å²) in [6.07, 6.45) is 1.97. The van der Waals surface area contributed by atoms with Gasteiger partial charge in [-0.1, -0.05) is 11.6 Å². The Labute approximate surface area is 128 Å². The fraction of sp³-hybridized carbons (Fsp3) is 0.467. The summed E-state index contributed by atoms with van der Waals surface area (Å²) in [7, 11) is 1.54. The molecular weight excluding hydrogens is 294 g/mol. The third-order valence-electron chi connectivity index (χ3n) is 3.74. The lowest BCUT2D eigenvalue weighted by Gasteiger charge is -2.14. The molecule has 0 aliphatic heterocycles. The molecule has 1 amide bonds.